The largest absolute Gasteiger partial charge is 0.552 e. The van der Waals surface area contributed by atoms with Crippen molar-refractivity contribution in [2.75, 3.05) is 5.78 Å². The van der Waals surface area contributed by atoms with E-state index in [-0.39, 0.29) is 0 Å². The molecule has 0 aliphatic heterocycles. The minimum Gasteiger partial charge on any atom is -0.285 e. The predicted molar refractivity (Wildman–Crippen MR) is 18.7 cm³/mol. The van der Waals surface area contributed by atoms with Gasteiger partial charge in [-0.3, -0.25) is 8.63 Å². The molecule has 0 N–H and O–H groups in total. The summed E-state index contributed by atoms with van der Waals surface area (Å²) in [5.41, 5.74) is 0. The van der Waals surface area contributed by atoms with Crippen molar-refractivity contribution in [3.63, 3.8) is 0 Å². The number of rotatable bonds is 1. The monoisotopic (exact) mass is 98.0 g/mol. The highest BCUT2D eigenvalue weighted by Gasteiger charge is 2.06. The van der Waals surface area contributed by atoms with Gasteiger partial charge in [0.25, 0.3) is 0 Å². The van der Waals surface area contributed by atoms with E-state index in [0.717, 1.165) is 0 Å². The van der Waals surface area contributed by atoms with Gasteiger partial charge in [-0.15, -0.1) is 11.6 Å². The summed E-state index contributed by atoms with van der Waals surface area (Å²) in [6.07, 6.45) is 0. The van der Waals surface area contributed by atoms with E-state index < -0.39 is 13.0 Å². The van der Waals surface area contributed by atoms with E-state index in [1.165, 1.54) is 0 Å². The number of hydrogen-bond acceptors (Lipinski definition) is 0. The Kier molecular flexibility index (Phi) is 2.56. The maximum absolute atomic E-state index is 10.6. The van der Waals surface area contributed by atoms with Crippen molar-refractivity contribution in [2.45, 2.75) is 0 Å². The fraction of sp³-hybridized carbons (Fsp3) is 1.00. The second-order valence-corrected chi connectivity index (χ2v) is 0.854. The zero-order chi connectivity index (χ0) is 4.28. The molecule has 0 amide bonds. The lowest BCUT2D eigenvalue weighted by atomic mass is 10.1. The van der Waals surface area contributed by atoms with Gasteiger partial charge >= 0.3 is 7.27 Å². The Bertz CT molecular complexity index is 23.6. The summed E-state index contributed by atoms with van der Waals surface area (Å²) in [5.74, 6) is -0.556. The summed E-state index contributed by atoms with van der Waals surface area (Å²) in [7, 11) is -2.35. The number of alkyl halides is 1. The quantitative estimate of drug-likeness (QED) is 0.341. The molecule has 0 unspecified atom stereocenters. The highest BCUT2D eigenvalue weighted by Crippen LogP contribution is 1.85. The van der Waals surface area contributed by atoms with Crippen LogP contribution in [0.25, 0.3) is 0 Å². The molecule has 0 saturated heterocycles. The Labute approximate surface area is 34.3 Å². The topological polar surface area (TPSA) is 0 Å². The van der Waals surface area contributed by atoms with Crippen molar-refractivity contribution in [2.24, 2.45) is 0 Å². The molecule has 0 atom stereocenters. The third-order valence-corrected chi connectivity index (χ3v) is 0.350. The van der Waals surface area contributed by atoms with Gasteiger partial charge in [0.1, 0.15) is 0 Å². The van der Waals surface area contributed by atoms with Gasteiger partial charge in [0.05, 0.1) is 5.78 Å². The SMILES string of the molecule is FB(F)CCl. The molecule has 0 radical (unpaired) electrons. The van der Waals surface area contributed by atoms with Crippen LogP contribution in [-0.2, 0) is 0 Å². The first-order valence-corrected chi connectivity index (χ1v) is 1.65. The van der Waals surface area contributed by atoms with Crippen molar-refractivity contribution >= 4 is 18.9 Å². The van der Waals surface area contributed by atoms with Crippen LogP contribution in [0.5, 0.6) is 0 Å². The van der Waals surface area contributed by atoms with Gasteiger partial charge < -0.3 is 0 Å². The van der Waals surface area contributed by atoms with Gasteiger partial charge in [-0.1, -0.05) is 0 Å². The molecule has 0 nitrogen and oxygen atoms in total. The molecule has 0 aromatic carbocycles. The lowest BCUT2D eigenvalue weighted by molar-refractivity contribution is 0.670. The zero-order valence-corrected chi connectivity index (χ0v) is 3.17. The normalized spacial score (nSPS) is 7.80. The average Bonchev–Trinajstić information content (AvgIpc) is 1.38. The molecule has 0 rings (SSSR count). The van der Waals surface area contributed by atoms with Crippen LogP contribution >= 0.6 is 11.6 Å². The van der Waals surface area contributed by atoms with Crippen LogP contribution in [0, 0.1) is 0 Å². The molecular formula is CH2BClF2. The summed E-state index contributed by atoms with van der Waals surface area (Å²) in [6, 6.07) is 0. The van der Waals surface area contributed by atoms with Crippen molar-refractivity contribution in [1.82, 2.24) is 0 Å². The number of hydrogen-bond donors (Lipinski definition) is 0. The lowest BCUT2D eigenvalue weighted by Crippen LogP contribution is -1.95. The number of halogens is 3. The summed E-state index contributed by atoms with van der Waals surface area (Å²) >= 11 is 4.59. The molecule has 0 spiro atoms. The van der Waals surface area contributed by atoms with E-state index >= 15 is 0 Å². The molecule has 0 heterocycles. The molecule has 4 heteroatoms. The second-order valence-electron chi connectivity index (χ2n) is 0.545. The van der Waals surface area contributed by atoms with E-state index in [0.29, 0.717) is 0 Å². The van der Waals surface area contributed by atoms with Crippen LogP contribution in [0.3, 0.4) is 0 Å². The van der Waals surface area contributed by atoms with E-state index in [1.54, 1.807) is 0 Å². The molecular weight excluding hydrogens is 96.3 g/mol. The van der Waals surface area contributed by atoms with E-state index in [9.17, 15) is 8.63 Å². The molecule has 5 heavy (non-hydrogen) atoms. The molecule has 0 aromatic rings. The molecule has 0 aromatic heterocycles. The minimum absolute atomic E-state index is 0.556. The van der Waals surface area contributed by atoms with Crippen LogP contribution in [0.4, 0.5) is 8.63 Å². The first-order valence-electron chi connectivity index (χ1n) is 1.11. The molecule has 0 aliphatic carbocycles. The minimum atomic E-state index is -2.35. The fourth-order valence-electron chi connectivity index (χ4n) is 0. The maximum atomic E-state index is 10.6. The third kappa shape index (κ3) is 4.21. The van der Waals surface area contributed by atoms with Crippen LogP contribution in [0.1, 0.15) is 0 Å². The Morgan fingerprint density at radius 2 is 1.80 bits per heavy atom. The fourth-order valence-corrected chi connectivity index (χ4v) is 0. The summed E-state index contributed by atoms with van der Waals surface area (Å²) in [6.45, 7) is 0. The first kappa shape index (κ1) is 5.21. The van der Waals surface area contributed by atoms with Crippen molar-refractivity contribution in [3.8, 4) is 0 Å². The molecule has 0 fully saturated rings. The highest BCUT2D eigenvalue weighted by atomic mass is 35.5. The van der Waals surface area contributed by atoms with Crippen molar-refractivity contribution in [3.05, 3.63) is 0 Å². The Morgan fingerprint density at radius 1 is 1.60 bits per heavy atom. The van der Waals surface area contributed by atoms with Crippen LogP contribution in [0.15, 0.2) is 0 Å². The zero-order valence-electron chi connectivity index (χ0n) is 2.42. The van der Waals surface area contributed by atoms with E-state index in [1.807, 2.05) is 0 Å². The van der Waals surface area contributed by atoms with Crippen molar-refractivity contribution in [1.29, 1.82) is 0 Å². The molecule has 0 saturated carbocycles. The molecule has 0 aliphatic rings. The van der Waals surface area contributed by atoms with Gasteiger partial charge in [-0.25, -0.2) is 0 Å². The lowest BCUT2D eigenvalue weighted by Gasteiger charge is -1.71. The smallest absolute Gasteiger partial charge is 0.285 e. The maximum Gasteiger partial charge on any atom is 0.552 e. The predicted octanol–water partition coefficient (Wildman–Crippen LogP) is 1.19. The van der Waals surface area contributed by atoms with Crippen LogP contribution in [-0.4, -0.2) is 13.0 Å². The van der Waals surface area contributed by atoms with Crippen LogP contribution < -0.4 is 0 Å². The van der Waals surface area contributed by atoms with Gasteiger partial charge in [0.2, 0.25) is 0 Å². The van der Waals surface area contributed by atoms with Gasteiger partial charge in [0, 0.05) is 0 Å². The standard InChI is InChI=1S/CH2BClF2/c3-1-2(4)5/h1H2. The van der Waals surface area contributed by atoms with E-state index in [4.69, 9.17) is 0 Å². The van der Waals surface area contributed by atoms with Gasteiger partial charge in [-0.05, 0) is 0 Å². The first-order chi connectivity index (χ1) is 2.27. The van der Waals surface area contributed by atoms with Crippen LogP contribution in [0.2, 0.25) is 0 Å². The van der Waals surface area contributed by atoms with Gasteiger partial charge in [0.15, 0.2) is 0 Å². The Hall–Kier alpha value is 0.215. The highest BCUT2D eigenvalue weighted by molar-refractivity contribution is 6.55. The average molecular weight is 98.3 g/mol. The Balaban J connectivity index is 2.54. The van der Waals surface area contributed by atoms with Crippen molar-refractivity contribution < 1.29 is 8.63 Å². The van der Waals surface area contributed by atoms with Gasteiger partial charge in [-0.2, -0.15) is 0 Å². The Morgan fingerprint density at radius 3 is 1.80 bits per heavy atom. The molecule has 0 bridgehead atoms. The summed E-state index contributed by atoms with van der Waals surface area (Å²) in [5, 5.41) is 0. The summed E-state index contributed by atoms with van der Waals surface area (Å²) in [4.78, 5) is 0. The molecule has 30 valence electrons. The van der Waals surface area contributed by atoms with E-state index in [2.05, 4.69) is 11.6 Å². The second kappa shape index (κ2) is 2.45. The summed E-state index contributed by atoms with van der Waals surface area (Å²) < 4.78 is 21.3. The third-order valence-electron chi connectivity index (χ3n) is 0.117.